The molecular weight excluding hydrogens is 300 g/mol. The van der Waals surface area contributed by atoms with Crippen LogP contribution >= 0.6 is 0 Å². The zero-order valence-corrected chi connectivity index (χ0v) is 13.9. The maximum atomic E-state index is 6.11. The Morgan fingerprint density at radius 2 is 1.92 bits per heavy atom. The summed E-state index contributed by atoms with van der Waals surface area (Å²) in [7, 11) is 0. The highest BCUT2D eigenvalue weighted by atomic mass is 16.5. The fourth-order valence-corrected chi connectivity index (χ4v) is 3.66. The molecule has 2 aliphatic heterocycles. The molecule has 0 amide bonds. The van der Waals surface area contributed by atoms with Crippen molar-refractivity contribution in [2.75, 3.05) is 6.54 Å². The van der Waals surface area contributed by atoms with Crippen LogP contribution in [0.25, 0.3) is 0 Å². The smallest absolute Gasteiger partial charge is 0.142 e. The molecule has 3 atom stereocenters. The Bertz CT molecular complexity index is 662. The number of aromatic nitrogens is 1. The Labute approximate surface area is 143 Å². The van der Waals surface area contributed by atoms with E-state index in [1.807, 2.05) is 36.5 Å². The first-order valence-electron chi connectivity index (χ1n) is 8.89. The van der Waals surface area contributed by atoms with Crippen molar-refractivity contribution in [2.24, 2.45) is 0 Å². The van der Waals surface area contributed by atoms with Gasteiger partial charge in [0, 0.05) is 6.20 Å². The van der Waals surface area contributed by atoms with E-state index in [2.05, 4.69) is 22.4 Å². The van der Waals surface area contributed by atoms with Gasteiger partial charge in [0.05, 0.1) is 23.9 Å². The highest BCUT2D eigenvalue weighted by Gasteiger charge is 2.31. The maximum absolute atomic E-state index is 6.11. The van der Waals surface area contributed by atoms with E-state index < -0.39 is 0 Å². The molecular formula is C20H24N2O2. The molecule has 0 saturated carbocycles. The second-order valence-corrected chi connectivity index (χ2v) is 6.65. The average molecular weight is 324 g/mol. The molecule has 2 fully saturated rings. The number of benzene rings is 1. The number of nitrogens with one attached hydrogen (secondary N) is 1. The molecule has 0 aliphatic carbocycles. The summed E-state index contributed by atoms with van der Waals surface area (Å²) in [4.78, 5) is 4.63. The highest BCUT2D eigenvalue weighted by Crippen LogP contribution is 2.34. The van der Waals surface area contributed by atoms with Crippen molar-refractivity contribution < 1.29 is 9.47 Å². The van der Waals surface area contributed by atoms with Crippen LogP contribution in [0.15, 0.2) is 48.7 Å². The maximum Gasteiger partial charge on any atom is 0.142 e. The third-order valence-corrected chi connectivity index (χ3v) is 4.92. The topological polar surface area (TPSA) is 43.4 Å². The van der Waals surface area contributed by atoms with Crippen LogP contribution in [0.2, 0.25) is 0 Å². The van der Waals surface area contributed by atoms with Crippen LogP contribution in [-0.4, -0.2) is 23.7 Å². The first kappa shape index (κ1) is 15.6. The van der Waals surface area contributed by atoms with Gasteiger partial charge in [-0.1, -0.05) is 30.3 Å². The van der Waals surface area contributed by atoms with Crippen LogP contribution in [0.3, 0.4) is 0 Å². The summed E-state index contributed by atoms with van der Waals surface area (Å²) in [6.07, 6.45) is 7.05. The van der Waals surface area contributed by atoms with Gasteiger partial charge in [-0.05, 0) is 49.9 Å². The lowest BCUT2D eigenvalue weighted by Crippen LogP contribution is -2.32. The minimum absolute atomic E-state index is 0.195. The molecule has 1 aromatic heterocycles. The molecule has 2 aliphatic rings. The third-order valence-electron chi connectivity index (χ3n) is 4.92. The number of hydrogen-bond acceptors (Lipinski definition) is 4. The predicted molar refractivity (Wildman–Crippen MR) is 92.9 cm³/mol. The molecule has 24 heavy (non-hydrogen) atoms. The van der Waals surface area contributed by atoms with E-state index in [0.29, 0.717) is 18.8 Å². The van der Waals surface area contributed by atoms with E-state index in [1.54, 1.807) is 0 Å². The molecule has 2 aromatic rings. The standard InChI is InChI=1S/C20H24N2O2/c1-2-5-15(6-3-1)14-23-19-7-4-11-22-20(19)18-13-17-9-8-16(24-17)10-12-21-18/h1-7,11,16-18,21H,8-10,12-14H2. The average Bonchev–Trinajstić information content (AvgIpc) is 3.09. The Kier molecular flexibility index (Phi) is 4.76. The summed E-state index contributed by atoms with van der Waals surface area (Å²) in [5.74, 6) is 0.869. The minimum Gasteiger partial charge on any atom is -0.487 e. The van der Waals surface area contributed by atoms with Gasteiger partial charge in [-0.3, -0.25) is 4.98 Å². The van der Waals surface area contributed by atoms with Crippen molar-refractivity contribution in [1.82, 2.24) is 10.3 Å². The monoisotopic (exact) mass is 324 g/mol. The third kappa shape index (κ3) is 3.60. The summed E-state index contributed by atoms with van der Waals surface area (Å²) >= 11 is 0. The van der Waals surface area contributed by atoms with E-state index in [-0.39, 0.29) is 6.04 Å². The number of rotatable bonds is 4. The van der Waals surface area contributed by atoms with Gasteiger partial charge >= 0.3 is 0 Å². The molecule has 0 radical (unpaired) electrons. The normalized spacial score (nSPS) is 26.6. The summed E-state index contributed by atoms with van der Waals surface area (Å²) in [5.41, 5.74) is 2.17. The van der Waals surface area contributed by atoms with Crippen molar-refractivity contribution >= 4 is 0 Å². The van der Waals surface area contributed by atoms with Crippen molar-refractivity contribution in [3.05, 3.63) is 59.9 Å². The first-order valence-corrected chi connectivity index (χ1v) is 8.89. The molecule has 4 nitrogen and oxygen atoms in total. The lowest BCUT2D eigenvalue weighted by atomic mass is 10.0. The summed E-state index contributed by atoms with van der Waals surface area (Å²) in [5, 5.41) is 3.65. The molecule has 4 heteroatoms. The van der Waals surface area contributed by atoms with Crippen LogP contribution in [0, 0.1) is 0 Å². The number of nitrogens with zero attached hydrogens (tertiary/aromatic N) is 1. The molecule has 2 bridgehead atoms. The Hall–Kier alpha value is -1.91. The molecule has 126 valence electrons. The van der Waals surface area contributed by atoms with Gasteiger partial charge in [0.2, 0.25) is 0 Å². The van der Waals surface area contributed by atoms with Crippen LogP contribution in [0.1, 0.15) is 43.0 Å². The van der Waals surface area contributed by atoms with E-state index in [1.165, 1.54) is 12.0 Å². The van der Waals surface area contributed by atoms with E-state index in [9.17, 15) is 0 Å². The minimum atomic E-state index is 0.195. The summed E-state index contributed by atoms with van der Waals surface area (Å²) < 4.78 is 12.2. The van der Waals surface area contributed by atoms with E-state index in [4.69, 9.17) is 9.47 Å². The lowest BCUT2D eigenvalue weighted by molar-refractivity contribution is 0.0200. The van der Waals surface area contributed by atoms with Crippen LogP contribution in [0.4, 0.5) is 0 Å². The Morgan fingerprint density at radius 1 is 1.04 bits per heavy atom. The Morgan fingerprint density at radius 3 is 2.83 bits per heavy atom. The number of pyridine rings is 1. The fourth-order valence-electron chi connectivity index (χ4n) is 3.66. The van der Waals surface area contributed by atoms with Gasteiger partial charge < -0.3 is 14.8 Å². The molecule has 1 aromatic carbocycles. The van der Waals surface area contributed by atoms with Crippen LogP contribution in [0.5, 0.6) is 5.75 Å². The highest BCUT2D eigenvalue weighted by molar-refractivity contribution is 5.30. The molecule has 2 saturated heterocycles. The number of ether oxygens (including phenoxy) is 2. The van der Waals surface area contributed by atoms with E-state index in [0.717, 1.165) is 37.3 Å². The zero-order valence-electron chi connectivity index (χ0n) is 13.9. The van der Waals surface area contributed by atoms with Gasteiger partial charge in [-0.25, -0.2) is 0 Å². The van der Waals surface area contributed by atoms with Gasteiger partial charge in [-0.15, -0.1) is 0 Å². The summed E-state index contributed by atoms with van der Waals surface area (Å²) in [6, 6.07) is 14.4. The van der Waals surface area contributed by atoms with Crippen LogP contribution in [-0.2, 0) is 11.3 Å². The van der Waals surface area contributed by atoms with Gasteiger partial charge in [-0.2, -0.15) is 0 Å². The molecule has 4 rings (SSSR count). The molecule has 0 spiro atoms. The largest absolute Gasteiger partial charge is 0.487 e. The fraction of sp³-hybridized carbons (Fsp3) is 0.450. The number of fused-ring (bicyclic) bond motifs is 2. The predicted octanol–water partition coefficient (Wildman–Crippen LogP) is 3.63. The second-order valence-electron chi connectivity index (χ2n) is 6.65. The quantitative estimate of drug-likeness (QED) is 0.932. The molecule has 3 unspecified atom stereocenters. The van der Waals surface area contributed by atoms with Gasteiger partial charge in [0.1, 0.15) is 12.4 Å². The van der Waals surface area contributed by atoms with E-state index >= 15 is 0 Å². The van der Waals surface area contributed by atoms with Crippen molar-refractivity contribution in [2.45, 2.75) is 50.5 Å². The number of hydrogen-bond donors (Lipinski definition) is 1. The Balaban J connectivity index is 1.50. The summed E-state index contributed by atoms with van der Waals surface area (Å²) in [6.45, 7) is 1.53. The van der Waals surface area contributed by atoms with Gasteiger partial charge in [0.15, 0.2) is 0 Å². The van der Waals surface area contributed by atoms with Crippen molar-refractivity contribution in [3.8, 4) is 5.75 Å². The molecule has 3 heterocycles. The zero-order chi connectivity index (χ0) is 16.2. The lowest BCUT2D eigenvalue weighted by Gasteiger charge is -2.26. The first-order chi connectivity index (χ1) is 11.9. The van der Waals surface area contributed by atoms with Gasteiger partial charge in [0.25, 0.3) is 0 Å². The van der Waals surface area contributed by atoms with Crippen molar-refractivity contribution in [1.29, 1.82) is 0 Å². The molecule has 1 N–H and O–H groups in total. The van der Waals surface area contributed by atoms with Crippen LogP contribution < -0.4 is 10.1 Å². The second kappa shape index (κ2) is 7.32. The van der Waals surface area contributed by atoms with Crippen molar-refractivity contribution in [3.63, 3.8) is 0 Å². The SMILES string of the molecule is c1ccc(COc2cccnc2C2CC3CCC(CCN2)O3)cc1.